The highest BCUT2D eigenvalue weighted by Crippen LogP contribution is 2.17. The minimum absolute atomic E-state index is 0.0124. The van der Waals surface area contributed by atoms with Crippen molar-refractivity contribution in [2.24, 2.45) is 10.7 Å². The van der Waals surface area contributed by atoms with Crippen LogP contribution in [0.4, 0.5) is 0 Å². The van der Waals surface area contributed by atoms with Gasteiger partial charge in [0.1, 0.15) is 23.9 Å². The molecular weight excluding hydrogens is 675 g/mol. The maximum Gasteiger partial charge on any atom is 0.311 e. The van der Waals surface area contributed by atoms with Crippen LogP contribution in [0.5, 0.6) is 5.75 Å². The molecule has 0 spiro atoms. The molecule has 0 radical (unpaired) electrons. The number of nitrogens with zero attached hydrogens (tertiary/aromatic N) is 2. The summed E-state index contributed by atoms with van der Waals surface area (Å²) in [4.78, 5) is 69.7. The molecule has 2 rings (SSSR count). The molecule has 0 bridgehead atoms. The second-order valence-electron chi connectivity index (χ2n) is 12.6. The molecule has 2 aromatic rings. The van der Waals surface area contributed by atoms with E-state index in [1.807, 2.05) is 6.07 Å². The molecule has 0 saturated carbocycles. The predicted molar refractivity (Wildman–Crippen MR) is 198 cm³/mol. The third-order valence-corrected chi connectivity index (χ3v) is 8.80. The summed E-state index contributed by atoms with van der Waals surface area (Å²) >= 11 is 0. The van der Waals surface area contributed by atoms with Crippen LogP contribution in [0.2, 0.25) is 0 Å². The summed E-state index contributed by atoms with van der Waals surface area (Å²) in [5, 5.41) is 14.6. The molecule has 0 aromatic heterocycles. The van der Waals surface area contributed by atoms with Gasteiger partial charge in [0.15, 0.2) is 0 Å². The largest absolute Gasteiger partial charge is 0.481 e. The molecule has 2 aromatic carbocycles. The Bertz CT molecular complexity index is 1480. The van der Waals surface area contributed by atoms with Crippen molar-refractivity contribution in [3.8, 4) is 5.75 Å². The molecule has 0 heterocycles. The van der Waals surface area contributed by atoms with E-state index in [0.717, 1.165) is 37.7 Å². The number of carboxylic acids is 1. The van der Waals surface area contributed by atoms with Crippen LogP contribution in [-0.4, -0.2) is 93.4 Å². The Morgan fingerprint density at radius 2 is 1.51 bits per heavy atom. The van der Waals surface area contributed by atoms with E-state index in [4.69, 9.17) is 15.6 Å². The standard InChI is InChI=1S/C37H53N5O8S/c1-5-6-7-8-12-15-34(45)50-29-18-16-28(17-19-29)24-31(39-26(2)38)36(47)40-30(21-23-51(4)49)35(46)41-32(25-27-13-10-9-11-14-27)37(48)42(3)22-20-33(43)44/h9-11,13-14,16-19,30-32H,5-8,12,15,20-25H2,1-4H3,(H2,38,39)(H,40,47)(H,41,46)(H,43,44)/t30-,31+,32+,51?/m1/s1. The first-order chi connectivity index (χ1) is 24.3. The fraction of sp³-hybridized carbons (Fsp3) is 0.514. The summed E-state index contributed by atoms with van der Waals surface area (Å²) in [6.45, 7) is 3.61. The van der Waals surface area contributed by atoms with Gasteiger partial charge in [-0.25, -0.2) is 0 Å². The second-order valence-corrected chi connectivity index (χ2v) is 14.1. The number of carboxylic acid groups (broad SMARTS) is 1. The quantitative estimate of drug-likeness (QED) is 0.0437. The number of nitrogens with one attached hydrogen (secondary N) is 2. The average molecular weight is 728 g/mol. The lowest BCUT2D eigenvalue weighted by atomic mass is 10.0. The number of carbonyl (C=O) groups is 5. The molecule has 1 unspecified atom stereocenters. The number of unbranched alkanes of at least 4 members (excludes halogenated alkanes) is 4. The Balaban J connectivity index is 2.20. The zero-order chi connectivity index (χ0) is 37.8. The SMILES string of the molecule is CCCCCCCC(=O)Oc1ccc(C[C@H](N=C(C)N)C(=O)N[C@H](CCS(C)=O)C(=O)N[C@@H](Cc2ccccc2)C(=O)N(C)CCC(=O)O)cc1. The van der Waals surface area contributed by atoms with Crippen LogP contribution in [0.25, 0.3) is 0 Å². The molecular formula is C37H53N5O8S. The number of carbonyl (C=O) groups excluding carboxylic acids is 4. The van der Waals surface area contributed by atoms with Gasteiger partial charge in [-0.2, -0.15) is 0 Å². The van der Waals surface area contributed by atoms with Crippen molar-refractivity contribution in [1.82, 2.24) is 15.5 Å². The van der Waals surface area contributed by atoms with E-state index in [2.05, 4.69) is 22.5 Å². The van der Waals surface area contributed by atoms with Crippen molar-refractivity contribution in [2.75, 3.05) is 25.6 Å². The minimum atomic E-state index is -1.29. The third-order valence-electron chi connectivity index (χ3n) is 7.99. The number of likely N-dealkylation sites (N-methyl/N-ethyl adjacent to an activating group) is 1. The lowest BCUT2D eigenvalue weighted by Crippen LogP contribution is -2.56. The summed E-state index contributed by atoms with van der Waals surface area (Å²) in [6.07, 6.45) is 6.89. The maximum absolute atomic E-state index is 13.7. The highest BCUT2D eigenvalue weighted by molar-refractivity contribution is 7.84. The zero-order valence-electron chi connectivity index (χ0n) is 30.1. The number of hydrogen-bond acceptors (Lipinski definition) is 8. The number of esters is 1. The van der Waals surface area contributed by atoms with Gasteiger partial charge in [-0.05, 0) is 43.0 Å². The van der Waals surface area contributed by atoms with Crippen molar-refractivity contribution >= 4 is 46.3 Å². The molecule has 3 amide bonds. The van der Waals surface area contributed by atoms with Gasteiger partial charge in [-0.1, -0.05) is 75.1 Å². The van der Waals surface area contributed by atoms with Gasteiger partial charge in [0.2, 0.25) is 17.7 Å². The van der Waals surface area contributed by atoms with E-state index in [9.17, 15) is 28.2 Å². The van der Waals surface area contributed by atoms with E-state index in [0.29, 0.717) is 17.7 Å². The maximum atomic E-state index is 13.7. The van der Waals surface area contributed by atoms with Gasteiger partial charge in [0.25, 0.3) is 0 Å². The summed E-state index contributed by atoms with van der Waals surface area (Å²) in [5.74, 6) is -2.53. The van der Waals surface area contributed by atoms with Gasteiger partial charge < -0.3 is 31.1 Å². The smallest absolute Gasteiger partial charge is 0.311 e. The van der Waals surface area contributed by atoms with Crippen molar-refractivity contribution in [2.45, 2.75) is 96.2 Å². The topological polar surface area (TPSA) is 198 Å². The number of ether oxygens (including phenoxy) is 1. The molecule has 4 atom stereocenters. The molecule has 0 saturated heterocycles. The first-order valence-electron chi connectivity index (χ1n) is 17.3. The van der Waals surface area contributed by atoms with Crippen LogP contribution >= 0.6 is 0 Å². The summed E-state index contributed by atoms with van der Waals surface area (Å²) in [6, 6.07) is 12.5. The van der Waals surface area contributed by atoms with Gasteiger partial charge in [0.05, 0.1) is 12.3 Å². The number of benzene rings is 2. The number of nitrogens with two attached hydrogens (primary N) is 1. The summed E-state index contributed by atoms with van der Waals surface area (Å²) < 4.78 is 17.5. The molecule has 0 aliphatic carbocycles. The van der Waals surface area contributed by atoms with Crippen molar-refractivity contribution < 1.29 is 38.0 Å². The fourth-order valence-electron chi connectivity index (χ4n) is 5.20. The van der Waals surface area contributed by atoms with Crippen LogP contribution in [-0.2, 0) is 47.6 Å². The Labute approximate surface area is 303 Å². The zero-order valence-corrected chi connectivity index (χ0v) is 30.9. The van der Waals surface area contributed by atoms with Crippen molar-refractivity contribution in [3.63, 3.8) is 0 Å². The van der Waals surface area contributed by atoms with E-state index < -0.39 is 52.6 Å². The molecule has 280 valence electrons. The molecule has 0 aliphatic rings. The van der Waals surface area contributed by atoms with Gasteiger partial charge >= 0.3 is 11.9 Å². The Hall–Kier alpha value is -4.59. The van der Waals surface area contributed by atoms with Gasteiger partial charge in [-0.3, -0.25) is 33.2 Å². The molecule has 13 nitrogen and oxygen atoms in total. The molecule has 5 N–H and O–H groups in total. The van der Waals surface area contributed by atoms with Crippen LogP contribution in [0.15, 0.2) is 59.6 Å². The summed E-state index contributed by atoms with van der Waals surface area (Å²) in [7, 11) is 0.165. The van der Waals surface area contributed by atoms with E-state index in [-0.39, 0.29) is 49.8 Å². The number of amidine groups is 1. The van der Waals surface area contributed by atoms with Gasteiger partial charge in [0, 0.05) is 55.7 Å². The highest BCUT2D eigenvalue weighted by atomic mass is 32.2. The third kappa shape index (κ3) is 17.3. The number of rotatable bonds is 23. The molecule has 0 aliphatic heterocycles. The molecule has 14 heteroatoms. The minimum Gasteiger partial charge on any atom is -0.481 e. The van der Waals surface area contributed by atoms with E-state index in [1.165, 1.54) is 25.1 Å². The lowest BCUT2D eigenvalue weighted by Gasteiger charge is -2.27. The molecule has 51 heavy (non-hydrogen) atoms. The van der Waals surface area contributed by atoms with Crippen LogP contribution in [0.3, 0.4) is 0 Å². The monoisotopic (exact) mass is 727 g/mol. The highest BCUT2D eigenvalue weighted by Gasteiger charge is 2.31. The van der Waals surface area contributed by atoms with Crippen LogP contribution in [0.1, 0.15) is 76.3 Å². The second kappa shape index (κ2) is 23.0. The molecule has 0 fully saturated rings. The first kappa shape index (κ1) is 42.6. The number of aliphatic imine (C=N–C) groups is 1. The van der Waals surface area contributed by atoms with Crippen molar-refractivity contribution in [3.05, 3.63) is 65.7 Å². The average Bonchev–Trinajstić information content (AvgIpc) is 3.08. The first-order valence-corrected chi connectivity index (χ1v) is 19.0. The van der Waals surface area contributed by atoms with Crippen molar-refractivity contribution in [1.29, 1.82) is 0 Å². The van der Waals surface area contributed by atoms with E-state index in [1.54, 1.807) is 48.5 Å². The summed E-state index contributed by atoms with van der Waals surface area (Å²) in [5.41, 5.74) is 7.34. The van der Waals surface area contributed by atoms with Crippen LogP contribution in [0, 0.1) is 0 Å². The normalized spacial score (nSPS) is 13.7. The number of aliphatic carboxylic acids is 1. The fourth-order valence-corrected chi connectivity index (χ4v) is 5.76. The van der Waals surface area contributed by atoms with E-state index >= 15 is 0 Å². The Morgan fingerprint density at radius 3 is 2.12 bits per heavy atom. The predicted octanol–water partition coefficient (Wildman–Crippen LogP) is 3.15. The number of hydrogen-bond donors (Lipinski definition) is 4. The number of amides is 3. The Kier molecular flexibility index (Phi) is 19.2. The van der Waals surface area contributed by atoms with Crippen LogP contribution < -0.4 is 21.1 Å². The van der Waals surface area contributed by atoms with Gasteiger partial charge in [-0.15, -0.1) is 0 Å². The lowest BCUT2D eigenvalue weighted by molar-refractivity contribution is -0.140. The Morgan fingerprint density at radius 1 is 0.882 bits per heavy atom.